The summed E-state index contributed by atoms with van der Waals surface area (Å²) in [6, 6.07) is 2.09. The Morgan fingerprint density at radius 3 is 2.70 bits per heavy atom. The van der Waals surface area contributed by atoms with Gasteiger partial charge in [0.05, 0.1) is 23.8 Å². The molecule has 3 heterocycles. The highest BCUT2D eigenvalue weighted by atomic mass is 32.1. The summed E-state index contributed by atoms with van der Waals surface area (Å²) in [7, 11) is 0. The van der Waals surface area contributed by atoms with E-state index in [4.69, 9.17) is 4.98 Å². The van der Waals surface area contributed by atoms with Crippen LogP contribution in [0.1, 0.15) is 48.6 Å². The van der Waals surface area contributed by atoms with Crippen LogP contribution in [0.25, 0.3) is 0 Å². The van der Waals surface area contributed by atoms with Crippen molar-refractivity contribution in [2.45, 2.75) is 46.6 Å². The largest absolute Gasteiger partial charge is 0.370 e. The first-order valence-electron chi connectivity index (χ1n) is 8.15. The fraction of sp³-hybridized carbons (Fsp3) is 0.444. The molecule has 1 aliphatic rings. The van der Waals surface area contributed by atoms with Crippen LogP contribution in [-0.2, 0) is 11.3 Å². The maximum Gasteiger partial charge on any atom is 0.236 e. The number of amides is 1. The lowest BCUT2D eigenvalue weighted by Gasteiger charge is -2.34. The minimum atomic E-state index is -0.157. The second-order valence-electron chi connectivity index (χ2n) is 6.04. The van der Waals surface area contributed by atoms with E-state index in [-0.39, 0.29) is 11.8 Å². The van der Waals surface area contributed by atoms with Crippen molar-refractivity contribution in [2.75, 3.05) is 16.8 Å². The van der Waals surface area contributed by atoms with Crippen molar-refractivity contribution in [2.24, 2.45) is 0 Å². The number of hydrogen-bond donors (Lipinski definition) is 1. The Hall–Kier alpha value is -1.88. The van der Waals surface area contributed by atoms with Crippen molar-refractivity contribution >= 4 is 28.7 Å². The quantitative estimate of drug-likeness (QED) is 0.913. The molecule has 1 unspecified atom stereocenters. The Morgan fingerprint density at radius 1 is 1.30 bits per heavy atom. The molecule has 1 N–H and O–H groups in total. The van der Waals surface area contributed by atoms with Gasteiger partial charge in [0.25, 0.3) is 0 Å². The molecular formula is C18H23N3OS. The fourth-order valence-electron chi connectivity index (χ4n) is 3.23. The maximum absolute atomic E-state index is 13.0. The fourth-order valence-corrected chi connectivity index (χ4v) is 4.07. The number of nitrogens with zero attached hydrogens (tertiary/aromatic N) is 2. The van der Waals surface area contributed by atoms with Gasteiger partial charge in [-0.15, -0.1) is 11.3 Å². The smallest absolute Gasteiger partial charge is 0.236 e. The van der Waals surface area contributed by atoms with Gasteiger partial charge in [-0.05, 0) is 55.3 Å². The molecule has 2 aromatic heterocycles. The number of nitrogens with one attached hydrogen (secondary N) is 1. The summed E-state index contributed by atoms with van der Waals surface area (Å²) in [5, 5.41) is 7.44. The number of aromatic nitrogens is 1. The highest BCUT2D eigenvalue weighted by Crippen LogP contribution is 2.37. The Balaban J connectivity index is 2.09. The van der Waals surface area contributed by atoms with Crippen LogP contribution in [0.3, 0.4) is 0 Å². The average molecular weight is 329 g/mol. The maximum atomic E-state index is 13.0. The number of carbonyl (C=O) groups is 1. The first kappa shape index (κ1) is 16.0. The third-order valence-corrected chi connectivity index (χ3v) is 5.32. The number of carbonyl (C=O) groups excluding carboxylic acids is 1. The number of rotatable bonds is 4. The van der Waals surface area contributed by atoms with E-state index in [1.54, 1.807) is 11.3 Å². The monoisotopic (exact) mass is 329 g/mol. The summed E-state index contributed by atoms with van der Waals surface area (Å²) in [4.78, 5) is 19.7. The van der Waals surface area contributed by atoms with Crippen molar-refractivity contribution in [1.29, 1.82) is 0 Å². The first-order chi connectivity index (χ1) is 11.1. The van der Waals surface area contributed by atoms with Gasteiger partial charge in [-0.25, -0.2) is 4.98 Å². The summed E-state index contributed by atoms with van der Waals surface area (Å²) >= 11 is 1.65. The summed E-state index contributed by atoms with van der Waals surface area (Å²) < 4.78 is 0. The van der Waals surface area contributed by atoms with Crippen molar-refractivity contribution in [3.8, 4) is 0 Å². The van der Waals surface area contributed by atoms with Crippen LogP contribution in [0.4, 0.5) is 11.5 Å². The van der Waals surface area contributed by atoms with E-state index in [9.17, 15) is 4.79 Å². The topological polar surface area (TPSA) is 45.2 Å². The van der Waals surface area contributed by atoms with E-state index in [2.05, 4.69) is 49.8 Å². The second kappa shape index (κ2) is 6.32. The summed E-state index contributed by atoms with van der Waals surface area (Å²) in [5.41, 5.74) is 5.56. The molecule has 0 saturated heterocycles. The molecular weight excluding hydrogens is 306 g/mol. The number of thiophene rings is 1. The van der Waals surface area contributed by atoms with Crippen LogP contribution < -0.4 is 10.2 Å². The molecule has 0 radical (unpaired) electrons. The van der Waals surface area contributed by atoms with Gasteiger partial charge in [-0.3, -0.25) is 4.79 Å². The lowest BCUT2D eigenvalue weighted by atomic mass is 9.89. The van der Waals surface area contributed by atoms with E-state index < -0.39 is 0 Å². The van der Waals surface area contributed by atoms with E-state index >= 15 is 0 Å². The van der Waals surface area contributed by atoms with Gasteiger partial charge in [0, 0.05) is 11.9 Å². The molecule has 23 heavy (non-hydrogen) atoms. The highest BCUT2D eigenvalue weighted by Gasteiger charge is 2.35. The molecule has 1 atom stereocenters. The van der Waals surface area contributed by atoms with Gasteiger partial charge >= 0.3 is 0 Å². The Labute approximate surface area is 141 Å². The van der Waals surface area contributed by atoms with E-state index in [0.717, 1.165) is 35.7 Å². The second-order valence-corrected chi connectivity index (χ2v) is 6.79. The highest BCUT2D eigenvalue weighted by molar-refractivity contribution is 7.08. The van der Waals surface area contributed by atoms with Gasteiger partial charge < -0.3 is 10.2 Å². The Morgan fingerprint density at radius 2 is 2.09 bits per heavy atom. The minimum absolute atomic E-state index is 0.157. The van der Waals surface area contributed by atoms with Crippen LogP contribution >= 0.6 is 11.3 Å². The summed E-state index contributed by atoms with van der Waals surface area (Å²) in [5.74, 6) is 0.882. The van der Waals surface area contributed by atoms with Crippen LogP contribution in [0.5, 0.6) is 0 Å². The zero-order valence-corrected chi connectivity index (χ0v) is 15.0. The Bertz CT molecular complexity index is 738. The van der Waals surface area contributed by atoms with Crippen molar-refractivity contribution in [1.82, 2.24) is 4.98 Å². The zero-order chi connectivity index (χ0) is 16.6. The van der Waals surface area contributed by atoms with E-state index in [1.807, 2.05) is 4.90 Å². The molecule has 0 aromatic carbocycles. The standard InChI is InChI=1S/C18H23N3OS/c1-5-13-17-14(11(3)7-16(20-17)19-6-2)8-21(18(13)22)15-10-23-9-12(15)4/h7,9-10,13H,5-6,8H2,1-4H3,(H,19,20). The van der Waals surface area contributed by atoms with E-state index in [1.165, 1.54) is 11.1 Å². The average Bonchev–Trinajstić information content (AvgIpc) is 2.93. The van der Waals surface area contributed by atoms with Crippen LogP contribution in [0, 0.1) is 13.8 Å². The number of aryl methyl sites for hydroxylation is 2. The summed E-state index contributed by atoms with van der Waals surface area (Å²) in [6.45, 7) is 9.74. The third-order valence-electron chi connectivity index (χ3n) is 4.48. The predicted molar refractivity (Wildman–Crippen MR) is 96.4 cm³/mol. The lowest BCUT2D eigenvalue weighted by Crippen LogP contribution is -2.40. The molecule has 2 aromatic rings. The SMILES string of the molecule is CCNc1cc(C)c2c(n1)C(CC)C(=O)N(c1cscc1C)C2. The van der Waals surface area contributed by atoms with Gasteiger partial charge in [0.15, 0.2) is 0 Å². The molecule has 1 aliphatic heterocycles. The number of pyridine rings is 1. The van der Waals surface area contributed by atoms with Crippen LogP contribution in [0.2, 0.25) is 0 Å². The molecule has 0 saturated carbocycles. The molecule has 0 spiro atoms. The molecule has 0 bridgehead atoms. The molecule has 3 rings (SSSR count). The van der Waals surface area contributed by atoms with Crippen molar-refractivity contribution in [3.63, 3.8) is 0 Å². The molecule has 1 amide bonds. The molecule has 0 aliphatic carbocycles. The van der Waals surface area contributed by atoms with Gasteiger partial charge in [-0.1, -0.05) is 6.92 Å². The minimum Gasteiger partial charge on any atom is -0.370 e. The van der Waals surface area contributed by atoms with E-state index in [0.29, 0.717) is 6.54 Å². The third kappa shape index (κ3) is 2.74. The van der Waals surface area contributed by atoms with Crippen molar-refractivity contribution in [3.05, 3.63) is 39.2 Å². The molecule has 4 nitrogen and oxygen atoms in total. The normalized spacial score (nSPS) is 17.3. The summed E-state index contributed by atoms with van der Waals surface area (Å²) in [6.07, 6.45) is 0.771. The number of anilines is 2. The van der Waals surface area contributed by atoms with Crippen LogP contribution in [-0.4, -0.2) is 17.4 Å². The first-order valence-corrected chi connectivity index (χ1v) is 9.09. The predicted octanol–water partition coefficient (Wildman–Crippen LogP) is 4.23. The van der Waals surface area contributed by atoms with Gasteiger partial charge in [0.1, 0.15) is 5.82 Å². The number of hydrogen-bond acceptors (Lipinski definition) is 4. The molecule has 5 heteroatoms. The molecule has 0 fully saturated rings. The van der Waals surface area contributed by atoms with Gasteiger partial charge in [0.2, 0.25) is 5.91 Å². The lowest BCUT2D eigenvalue weighted by molar-refractivity contribution is -0.120. The van der Waals surface area contributed by atoms with Crippen molar-refractivity contribution < 1.29 is 4.79 Å². The molecule has 122 valence electrons. The Kier molecular flexibility index (Phi) is 4.39. The van der Waals surface area contributed by atoms with Gasteiger partial charge in [-0.2, -0.15) is 0 Å². The number of fused-ring (bicyclic) bond motifs is 1. The zero-order valence-electron chi connectivity index (χ0n) is 14.1. The van der Waals surface area contributed by atoms with Crippen LogP contribution in [0.15, 0.2) is 16.8 Å².